The molecule has 0 spiro atoms. The van der Waals surface area contributed by atoms with Gasteiger partial charge in [-0.05, 0) is 18.2 Å². The number of carbonyl (C=O) groups excluding carboxylic acids is 1. The van der Waals surface area contributed by atoms with E-state index in [-0.39, 0.29) is 11.7 Å². The minimum absolute atomic E-state index is 0.101. The molecule has 2 aromatic rings. The molecule has 0 aliphatic heterocycles. The van der Waals surface area contributed by atoms with Crippen molar-refractivity contribution in [3.63, 3.8) is 0 Å². The first kappa shape index (κ1) is 12.4. The standard InChI is InChI=1S/C12H12N4OS/c13-9-2-1-3-10(6-9)16-11(17)8-18-12-7-14-4-5-15-12/h1-7H,8,13H2,(H,16,17). The predicted octanol–water partition coefficient (Wildman–Crippen LogP) is 1.79. The van der Waals surface area contributed by atoms with Gasteiger partial charge in [0.25, 0.3) is 0 Å². The van der Waals surface area contributed by atoms with Crippen LogP contribution in [0.1, 0.15) is 0 Å². The van der Waals surface area contributed by atoms with E-state index in [1.165, 1.54) is 11.8 Å². The largest absolute Gasteiger partial charge is 0.399 e. The Labute approximate surface area is 109 Å². The number of hydrogen-bond acceptors (Lipinski definition) is 5. The molecule has 0 radical (unpaired) electrons. The number of thioether (sulfide) groups is 1. The predicted molar refractivity (Wildman–Crippen MR) is 72.2 cm³/mol. The fourth-order valence-electron chi connectivity index (χ4n) is 1.31. The van der Waals surface area contributed by atoms with E-state index in [0.29, 0.717) is 11.4 Å². The van der Waals surface area contributed by atoms with Crippen molar-refractivity contribution >= 4 is 29.0 Å². The number of nitrogens with zero attached hydrogens (tertiary/aromatic N) is 2. The van der Waals surface area contributed by atoms with Crippen molar-refractivity contribution in [2.75, 3.05) is 16.8 Å². The Morgan fingerprint density at radius 3 is 3.00 bits per heavy atom. The summed E-state index contributed by atoms with van der Waals surface area (Å²) in [7, 11) is 0. The van der Waals surface area contributed by atoms with Gasteiger partial charge >= 0.3 is 0 Å². The van der Waals surface area contributed by atoms with Gasteiger partial charge < -0.3 is 11.1 Å². The lowest BCUT2D eigenvalue weighted by atomic mass is 10.3. The van der Waals surface area contributed by atoms with Gasteiger partial charge in [-0.2, -0.15) is 0 Å². The normalized spacial score (nSPS) is 10.0. The van der Waals surface area contributed by atoms with E-state index >= 15 is 0 Å². The molecule has 0 atom stereocenters. The third-order valence-corrected chi connectivity index (χ3v) is 2.97. The van der Waals surface area contributed by atoms with Crippen LogP contribution in [0.5, 0.6) is 0 Å². The number of anilines is 2. The second kappa shape index (κ2) is 6.02. The highest BCUT2D eigenvalue weighted by atomic mass is 32.2. The minimum Gasteiger partial charge on any atom is -0.399 e. The van der Waals surface area contributed by atoms with Crippen molar-refractivity contribution in [3.8, 4) is 0 Å². The van der Waals surface area contributed by atoms with Gasteiger partial charge in [-0.15, -0.1) is 0 Å². The summed E-state index contributed by atoms with van der Waals surface area (Å²) in [6, 6.07) is 7.07. The molecule has 0 aliphatic rings. The molecule has 1 aromatic heterocycles. The summed E-state index contributed by atoms with van der Waals surface area (Å²) < 4.78 is 0. The van der Waals surface area contributed by atoms with Crippen LogP contribution in [0, 0.1) is 0 Å². The second-order valence-corrected chi connectivity index (χ2v) is 4.50. The highest BCUT2D eigenvalue weighted by Gasteiger charge is 2.04. The first-order chi connectivity index (χ1) is 8.74. The minimum atomic E-state index is -0.101. The number of hydrogen-bond donors (Lipinski definition) is 2. The van der Waals surface area contributed by atoms with Crippen LogP contribution in [-0.2, 0) is 4.79 Å². The van der Waals surface area contributed by atoms with E-state index in [9.17, 15) is 4.79 Å². The first-order valence-corrected chi connectivity index (χ1v) is 6.27. The lowest BCUT2D eigenvalue weighted by Crippen LogP contribution is -2.14. The average molecular weight is 260 g/mol. The average Bonchev–Trinajstić information content (AvgIpc) is 2.38. The Balaban J connectivity index is 1.86. The second-order valence-electron chi connectivity index (χ2n) is 3.51. The number of benzene rings is 1. The van der Waals surface area contributed by atoms with E-state index in [2.05, 4.69) is 15.3 Å². The first-order valence-electron chi connectivity index (χ1n) is 5.28. The van der Waals surface area contributed by atoms with Crippen molar-refractivity contribution in [3.05, 3.63) is 42.9 Å². The van der Waals surface area contributed by atoms with Gasteiger partial charge in [0.15, 0.2) is 0 Å². The van der Waals surface area contributed by atoms with Gasteiger partial charge in [-0.25, -0.2) is 4.98 Å². The van der Waals surface area contributed by atoms with Crippen LogP contribution >= 0.6 is 11.8 Å². The Morgan fingerprint density at radius 1 is 1.39 bits per heavy atom. The molecule has 1 heterocycles. The topological polar surface area (TPSA) is 80.9 Å². The Morgan fingerprint density at radius 2 is 2.28 bits per heavy atom. The van der Waals surface area contributed by atoms with Crippen LogP contribution in [0.3, 0.4) is 0 Å². The maximum Gasteiger partial charge on any atom is 0.234 e. The molecule has 0 aliphatic carbocycles. The Bertz CT molecular complexity index is 533. The van der Waals surface area contributed by atoms with E-state index < -0.39 is 0 Å². The van der Waals surface area contributed by atoms with Crippen LogP contribution in [0.2, 0.25) is 0 Å². The van der Waals surface area contributed by atoms with Crippen molar-refractivity contribution in [1.82, 2.24) is 9.97 Å². The number of aromatic nitrogens is 2. The SMILES string of the molecule is Nc1cccc(NC(=O)CSc2cnccn2)c1. The zero-order valence-corrected chi connectivity index (χ0v) is 10.4. The molecule has 5 nitrogen and oxygen atoms in total. The molecule has 0 saturated carbocycles. The van der Waals surface area contributed by atoms with E-state index in [0.717, 1.165) is 5.03 Å². The smallest absolute Gasteiger partial charge is 0.234 e. The number of carbonyl (C=O) groups is 1. The number of nitrogens with one attached hydrogen (secondary N) is 1. The van der Waals surface area contributed by atoms with Gasteiger partial charge in [0.05, 0.1) is 11.9 Å². The molecule has 0 saturated heterocycles. The summed E-state index contributed by atoms with van der Waals surface area (Å²) in [5, 5.41) is 3.49. The maximum atomic E-state index is 11.7. The zero-order chi connectivity index (χ0) is 12.8. The summed E-state index contributed by atoms with van der Waals surface area (Å²) in [5.41, 5.74) is 6.94. The number of amides is 1. The van der Waals surface area contributed by atoms with Crippen molar-refractivity contribution < 1.29 is 4.79 Å². The number of nitrogen functional groups attached to an aromatic ring is 1. The van der Waals surface area contributed by atoms with Gasteiger partial charge in [0.2, 0.25) is 5.91 Å². The van der Waals surface area contributed by atoms with Gasteiger partial charge in [-0.1, -0.05) is 17.8 Å². The molecular formula is C12H12N4OS. The zero-order valence-electron chi connectivity index (χ0n) is 9.54. The van der Waals surface area contributed by atoms with Gasteiger partial charge in [-0.3, -0.25) is 9.78 Å². The molecule has 2 rings (SSSR count). The van der Waals surface area contributed by atoms with Crippen LogP contribution in [-0.4, -0.2) is 21.6 Å². The highest BCUT2D eigenvalue weighted by molar-refractivity contribution is 7.99. The molecule has 0 bridgehead atoms. The van der Waals surface area contributed by atoms with Crippen LogP contribution in [0.4, 0.5) is 11.4 Å². The van der Waals surface area contributed by atoms with Crippen molar-refractivity contribution in [1.29, 1.82) is 0 Å². The Hall–Kier alpha value is -2.08. The lowest BCUT2D eigenvalue weighted by Gasteiger charge is -2.05. The summed E-state index contributed by atoms with van der Waals surface area (Å²) in [6.45, 7) is 0. The molecule has 6 heteroatoms. The number of nitrogens with two attached hydrogens (primary N) is 1. The molecule has 1 amide bonds. The molecular weight excluding hydrogens is 248 g/mol. The summed E-state index contributed by atoms with van der Waals surface area (Å²) in [5.74, 6) is 0.185. The van der Waals surface area contributed by atoms with E-state index in [4.69, 9.17) is 5.73 Å². The monoisotopic (exact) mass is 260 g/mol. The van der Waals surface area contributed by atoms with Crippen molar-refractivity contribution in [2.24, 2.45) is 0 Å². The van der Waals surface area contributed by atoms with Gasteiger partial charge in [0, 0.05) is 23.8 Å². The summed E-state index contributed by atoms with van der Waals surface area (Å²) >= 11 is 1.34. The Kier molecular flexibility index (Phi) is 4.14. The fraction of sp³-hybridized carbons (Fsp3) is 0.0833. The molecule has 3 N–H and O–H groups in total. The van der Waals surface area contributed by atoms with E-state index in [1.54, 1.807) is 42.9 Å². The number of rotatable bonds is 4. The molecule has 1 aromatic carbocycles. The molecule has 0 fully saturated rings. The summed E-state index contributed by atoms with van der Waals surface area (Å²) in [6.07, 6.45) is 4.81. The molecule has 0 unspecified atom stereocenters. The fourth-order valence-corrected chi connectivity index (χ4v) is 1.93. The van der Waals surface area contributed by atoms with E-state index in [1.807, 2.05) is 0 Å². The third-order valence-electron chi connectivity index (χ3n) is 2.06. The lowest BCUT2D eigenvalue weighted by molar-refractivity contribution is -0.113. The highest BCUT2D eigenvalue weighted by Crippen LogP contribution is 2.15. The molecule has 18 heavy (non-hydrogen) atoms. The quantitative estimate of drug-likeness (QED) is 0.647. The summed E-state index contributed by atoms with van der Waals surface area (Å²) in [4.78, 5) is 19.7. The molecule has 92 valence electrons. The van der Waals surface area contributed by atoms with Gasteiger partial charge in [0.1, 0.15) is 5.03 Å². The maximum absolute atomic E-state index is 11.7. The van der Waals surface area contributed by atoms with Crippen LogP contribution < -0.4 is 11.1 Å². The van der Waals surface area contributed by atoms with Crippen LogP contribution in [0.15, 0.2) is 47.9 Å². The van der Waals surface area contributed by atoms with Crippen molar-refractivity contribution in [2.45, 2.75) is 5.03 Å². The third kappa shape index (κ3) is 3.74. The van der Waals surface area contributed by atoms with Crippen LogP contribution in [0.25, 0.3) is 0 Å².